The van der Waals surface area contributed by atoms with Crippen LogP contribution in [0.2, 0.25) is 0 Å². The van der Waals surface area contributed by atoms with E-state index < -0.39 is 0 Å². The molecular formula is C29H36Cl2Hf-2. The van der Waals surface area contributed by atoms with E-state index in [9.17, 15) is 0 Å². The summed E-state index contributed by atoms with van der Waals surface area (Å²) in [6, 6.07) is 25.1. The molecule has 0 amide bonds. The molecule has 1 aliphatic carbocycles. The van der Waals surface area contributed by atoms with E-state index in [0.29, 0.717) is 0 Å². The van der Waals surface area contributed by atoms with Crippen molar-refractivity contribution in [3.8, 4) is 11.1 Å². The molecule has 4 rings (SSSR count). The van der Waals surface area contributed by atoms with Crippen molar-refractivity contribution in [1.82, 2.24) is 0 Å². The van der Waals surface area contributed by atoms with Gasteiger partial charge in [0.05, 0.1) is 0 Å². The van der Waals surface area contributed by atoms with E-state index in [4.69, 9.17) is 0 Å². The summed E-state index contributed by atoms with van der Waals surface area (Å²) in [5, 5.41) is 0. The van der Waals surface area contributed by atoms with Gasteiger partial charge in [0.2, 0.25) is 0 Å². The van der Waals surface area contributed by atoms with Gasteiger partial charge in [-0.2, -0.15) is 47.5 Å². The zero-order valence-corrected chi connectivity index (χ0v) is 25.8. The first-order chi connectivity index (χ1) is 13.9. The maximum atomic E-state index is 3.53. The predicted molar refractivity (Wildman–Crippen MR) is 129 cm³/mol. The van der Waals surface area contributed by atoms with E-state index in [2.05, 4.69) is 91.8 Å². The molecule has 0 unspecified atom stereocenters. The first-order valence-corrected chi connectivity index (χ1v) is 12.6. The van der Waals surface area contributed by atoms with Crippen molar-refractivity contribution in [3.63, 3.8) is 0 Å². The first kappa shape index (κ1) is 31.1. The number of fused-ring (bicyclic) bond motifs is 3. The third-order valence-electron chi connectivity index (χ3n) is 5.08. The Labute approximate surface area is 223 Å². The van der Waals surface area contributed by atoms with Gasteiger partial charge in [-0.15, -0.1) is 5.56 Å². The molecule has 3 heteroatoms. The third kappa shape index (κ3) is 9.16. The number of hydrogen-bond donors (Lipinski definition) is 0. The molecule has 0 N–H and O–H groups in total. The van der Waals surface area contributed by atoms with Crippen LogP contribution < -0.4 is 24.8 Å². The van der Waals surface area contributed by atoms with Gasteiger partial charge in [0.25, 0.3) is 0 Å². The predicted octanol–water partition coefficient (Wildman–Crippen LogP) is 1.81. The Balaban J connectivity index is 0.000000739. The fraction of sp³-hybridized carbons (Fsp3) is 0.379. The zero-order chi connectivity index (χ0) is 22.5. The summed E-state index contributed by atoms with van der Waals surface area (Å²) in [5.41, 5.74) is 8.76. The first-order valence-electron chi connectivity index (χ1n) is 10.8. The molecule has 172 valence electrons. The maximum Gasteiger partial charge on any atom is -0.172 e. The summed E-state index contributed by atoms with van der Waals surface area (Å²) in [4.78, 5) is 0. The van der Waals surface area contributed by atoms with E-state index >= 15 is 0 Å². The van der Waals surface area contributed by atoms with E-state index in [-0.39, 0.29) is 35.6 Å². The Hall–Kier alpha value is -0.890. The molecule has 0 nitrogen and oxygen atoms in total. The normalized spacial score (nSPS) is 11.3. The Morgan fingerprint density at radius 2 is 1.34 bits per heavy atom. The van der Waals surface area contributed by atoms with Crippen LogP contribution in [0.1, 0.15) is 77.6 Å². The molecule has 0 aliphatic heterocycles. The van der Waals surface area contributed by atoms with Gasteiger partial charge in [-0.25, -0.2) is 12.1 Å². The van der Waals surface area contributed by atoms with Crippen molar-refractivity contribution >= 4 is 3.26 Å². The molecule has 0 bridgehead atoms. The number of halogens is 2. The minimum absolute atomic E-state index is 0. The van der Waals surface area contributed by atoms with Crippen molar-refractivity contribution in [2.24, 2.45) is 0 Å². The monoisotopic (exact) mass is 634 g/mol. The molecular weight excluding hydrogens is 598 g/mol. The molecule has 32 heavy (non-hydrogen) atoms. The van der Waals surface area contributed by atoms with E-state index in [1.807, 2.05) is 30.3 Å². The smallest absolute Gasteiger partial charge is 0.172 e. The van der Waals surface area contributed by atoms with Gasteiger partial charge in [0.1, 0.15) is 0 Å². The van der Waals surface area contributed by atoms with E-state index in [1.165, 1.54) is 57.3 Å². The molecule has 0 radical (unpaired) electrons. The summed E-state index contributed by atoms with van der Waals surface area (Å²) in [6.07, 6.45) is 1.03. The van der Waals surface area contributed by atoms with Gasteiger partial charge in [0, 0.05) is 0 Å². The molecule has 0 fully saturated rings. The van der Waals surface area contributed by atoms with Crippen LogP contribution in [0, 0.1) is 6.07 Å². The second-order valence-electron chi connectivity index (χ2n) is 10.3. The summed E-state index contributed by atoms with van der Waals surface area (Å²) < 4.78 is 1.56. The fourth-order valence-corrected chi connectivity index (χ4v) is 3.31. The van der Waals surface area contributed by atoms with Gasteiger partial charge >= 0.3 is 41.0 Å². The molecule has 3 aromatic carbocycles. The standard InChI is InChI=1S/C21H25.C5H5.C3H6.2ClH.Hf/c1-20(2,3)16-9-7-14-11-15-8-10-17(21(4,5)6)13-19(15)18(14)12-16;1-2-4-5-3-1;1-3-2;;;/h7,9-10,12-13H,11H2,1-6H3;1-5H;1-2H3;2*1H;/q2*-1;;;;+2/p-2. The molecule has 0 aromatic heterocycles. The van der Waals surface area contributed by atoms with Crippen LogP contribution in [0.4, 0.5) is 0 Å². The average Bonchev–Trinajstić information content (AvgIpc) is 3.30. The summed E-state index contributed by atoms with van der Waals surface area (Å²) in [6.45, 7) is 17.9. The topological polar surface area (TPSA) is 0 Å². The Kier molecular flexibility index (Phi) is 12.7. The fourth-order valence-electron chi connectivity index (χ4n) is 3.31. The number of hydrogen-bond acceptors (Lipinski definition) is 0. The SMILES string of the molecule is CC(C)(C)c1c[c-]c2c(c1)-c1cc(C(C)(C)C)ccc1C2.C[C](C)=[Hf+2].[Cl-].[Cl-].c1cc[cH-]c1. The second kappa shape index (κ2) is 13.1. The molecule has 3 aromatic rings. The zero-order valence-electron chi connectivity index (χ0n) is 20.7. The second-order valence-corrected chi connectivity index (χ2v) is 13.9. The van der Waals surface area contributed by atoms with Crippen LogP contribution in [0.3, 0.4) is 0 Å². The quantitative estimate of drug-likeness (QED) is 0.205. The van der Waals surface area contributed by atoms with E-state index in [0.717, 1.165) is 6.42 Å². The minimum atomic E-state index is 0. The summed E-state index contributed by atoms with van der Waals surface area (Å²) in [7, 11) is 0. The van der Waals surface area contributed by atoms with Gasteiger partial charge in [-0.05, 0) is 17.4 Å². The van der Waals surface area contributed by atoms with Crippen molar-refractivity contribution in [2.45, 2.75) is 72.6 Å². The van der Waals surface area contributed by atoms with Gasteiger partial charge in [0.15, 0.2) is 0 Å². The van der Waals surface area contributed by atoms with Gasteiger partial charge in [-0.3, -0.25) is 0 Å². The molecule has 0 atom stereocenters. The number of benzene rings is 2. The van der Waals surface area contributed by atoms with Crippen LogP contribution in [0.5, 0.6) is 0 Å². The molecule has 0 saturated carbocycles. The summed E-state index contributed by atoms with van der Waals surface area (Å²) in [5.74, 6) is 0. The van der Waals surface area contributed by atoms with Crippen molar-refractivity contribution < 1.29 is 48.7 Å². The Morgan fingerprint density at radius 1 is 0.844 bits per heavy atom. The van der Waals surface area contributed by atoms with Gasteiger partial charge in [-0.1, -0.05) is 76.3 Å². The van der Waals surface area contributed by atoms with Crippen molar-refractivity contribution in [1.29, 1.82) is 0 Å². The Morgan fingerprint density at radius 3 is 1.78 bits per heavy atom. The van der Waals surface area contributed by atoms with Crippen LogP contribution in [0.15, 0.2) is 60.7 Å². The van der Waals surface area contributed by atoms with Crippen molar-refractivity contribution in [2.75, 3.05) is 0 Å². The van der Waals surface area contributed by atoms with Crippen LogP contribution >= 0.6 is 0 Å². The minimum Gasteiger partial charge on any atom is -1.00 e. The van der Waals surface area contributed by atoms with Gasteiger partial charge < -0.3 is 24.8 Å². The molecule has 0 spiro atoms. The maximum absolute atomic E-state index is 3.53. The third-order valence-corrected chi connectivity index (χ3v) is 5.08. The average molecular weight is 634 g/mol. The molecule has 1 aliphatic rings. The van der Waals surface area contributed by atoms with Crippen molar-refractivity contribution in [3.05, 3.63) is 89.0 Å². The van der Waals surface area contributed by atoms with Crippen LogP contribution in [-0.2, 0) is 41.1 Å². The summed E-state index contributed by atoms with van der Waals surface area (Å²) >= 11 is 1.27. The van der Waals surface area contributed by atoms with E-state index in [1.54, 1.807) is 3.26 Å². The van der Waals surface area contributed by atoms with Crippen LogP contribution in [0.25, 0.3) is 11.1 Å². The largest absolute Gasteiger partial charge is 1.00 e. The Bertz CT molecular complexity index is 889. The molecule has 0 saturated heterocycles. The van der Waals surface area contributed by atoms with Crippen LogP contribution in [-0.4, -0.2) is 3.26 Å². The number of rotatable bonds is 0. The molecule has 0 heterocycles.